The number of nitrogens with one attached hydrogen (secondary N) is 1. The lowest BCUT2D eigenvalue weighted by molar-refractivity contribution is -0.122. The van der Waals surface area contributed by atoms with Crippen molar-refractivity contribution in [1.29, 1.82) is 0 Å². The van der Waals surface area contributed by atoms with Crippen LogP contribution in [0.25, 0.3) is 0 Å². The van der Waals surface area contributed by atoms with Gasteiger partial charge in [0.15, 0.2) is 0 Å². The molecule has 0 radical (unpaired) electrons. The van der Waals surface area contributed by atoms with Gasteiger partial charge in [0.1, 0.15) is 5.75 Å². The van der Waals surface area contributed by atoms with E-state index >= 15 is 0 Å². The first-order chi connectivity index (χ1) is 9.60. The number of likely N-dealkylation sites (N-methyl/N-ethyl adjacent to an activating group) is 1. The predicted octanol–water partition coefficient (Wildman–Crippen LogP) is 1.11. The van der Waals surface area contributed by atoms with Crippen LogP contribution in [-0.2, 0) is 17.9 Å². The van der Waals surface area contributed by atoms with Crippen LogP contribution in [0.4, 0.5) is 0 Å². The minimum Gasteiger partial charge on any atom is -0.496 e. The Morgan fingerprint density at radius 1 is 1.45 bits per heavy atom. The van der Waals surface area contributed by atoms with Crippen molar-refractivity contribution in [3.05, 3.63) is 29.3 Å². The molecule has 5 nitrogen and oxygen atoms in total. The molecular weight excluding hydrogens is 254 g/mol. The van der Waals surface area contributed by atoms with E-state index in [2.05, 4.69) is 5.32 Å². The fourth-order valence-electron chi connectivity index (χ4n) is 1.99. The Bertz CT molecular complexity index is 435. The number of benzene rings is 1. The van der Waals surface area contributed by atoms with Gasteiger partial charge in [-0.1, -0.05) is 13.0 Å². The monoisotopic (exact) mass is 279 g/mol. The Morgan fingerprint density at radius 2 is 2.20 bits per heavy atom. The molecule has 0 unspecified atom stereocenters. The molecule has 0 saturated carbocycles. The number of amides is 1. The summed E-state index contributed by atoms with van der Waals surface area (Å²) in [5.41, 5.74) is 7.76. The molecule has 0 fully saturated rings. The third-order valence-electron chi connectivity index (χ3n) is 3.01. The molecule has 112 valence electrons. The van der Waals surface area contributed by atoms with Gasteiger partial charge in [-0.15, -0.1) is 0 Å². The van der Waals surface area contributed by atoms with E-state index < -0.39 is 0 Å². The fourth-order valence-corrected chi connectivity index (χ4v) is 1.99. The molecule has 5 heteroatoms. The number of carbonyl (C=O) groups is 1. The minimum atomic E-state index is 0.0447. The normalized spacial score (nSPS) is 10.7. The molecule has 0 aromatic heterocycles. The van der Waals surface area contributed by atoms with E-state index in [1.54, 1.807) is 7.11 Å². The van der Waals surface area contributed by atoms with Gasteiger partial charge in [0.2, 0.25) is 5.91 Å². The van der Waals surface area contributed by atoms with E-state index in [0.29, 0.717) is 19.6 Å². The topological polar surface area (TPSA) is 67.6 Å². The molecular formula is C15H25N3O2. The highest BCUT2D eigenvalue weighted by molar-refractivity contribution is 5.77. The standard InChI is InChI=1S/C15H25N3O2/c1-4-7-17-15(19)11-18(2)10-13-8-12(9-16)5-6-14(13)20-3/h5-6,8H,4,7,9-11,16H2,1-3H3,(H,17,19). The van der Waals surface area contributed by atoms with Gasteiger partial charge in [-0.05, 0) is 31.2 Å². The third-order valence-corrected chi connectivity index (χ3v) is 3.01. The van der Waals surface area contributed by atoms with Crippen LogP contribution in [0, 0.1) is 0 Å². The average Bonchev–Trinajstić information content (AvgIpc) is 2.44. The van der Waals surface area contributed by atoms with Crippen LogP contribution in [0.5, 0.6) is 5.75 Å². The van der Waals surface area contributed by atoms with Gasteiger partial charge in [0.05, 0.1) is 13.7 Å². The first-order valence-electron chi connectivity index (χ1n) is 6.91. The summed E-state index contributed by atoms with van der Waals surface area (Å²) < 4.78 is 5.35. The van der Waals surface area contributed by atoms with Gasteiger partial charge in [0.25, 0.3) is 0 Å². The second kappa shape index (κ2) is 8.55. The third kappa shape index (κ3) is 5.19. The maximum absolute atomic E-state index is 11.7. The Hall–Kier alpha value is -1.59. The van der Waals surface area contributed by atoms with E-state index in [0.717, 1.165) is 29.8 Å². The Kier molecular flexibility index (Phi) is 7.04. The summed E-state index contributed by atoms with van der Waals surface area (Å²) in [6.45, 7) is 4.27. The van der Waals surface area contributed by atoms with Crippen LogP contribution in [0.15, 0.2) is 18.2 Å². The second-order valence-corrected chi connectivity index (χ2v) is 4.87. The smallest absolute Gasteiger partial charge is 0.234 e. The largest absolute Gasteiger partial charge is 0.496 e. The molecule has 1 amide bonds. The minimum absolute atomic E-state index is 0.0447. The molecule has 0 bridgehead atoms. The van der Waals surface area contributed by atoms with Crippen LogP contribution in [-0.4, -0.2) is 38.1 Å². The zero-order valence-corrected chi connectivity index (χ0v) is 12.6. The van der Waals surface area contributed by atoms with Gasteiger partial charge in [-0.2, -0.15) is 0 Å². The summed E-state index contributed by atoms with van der Waals surface area (Å²) in [5.74, 6) is 0.867. The number of hydrogen-bond acceptors (Lipinski definition) is 4. The van der Waals surface area contributed by atoms with Crippen molar-refractivity contribution in [3.63, 3.8) is 0 Å². The summed E-state index contributed by atoms with van der Waals surface area (Å²) in [4.78, 5) is 13.6. The molecule has 0 saturated heterocycles. The number of nitrogens with zero attached hydrogens (tertiary/aromatic N) is 1. The van der Waals surface area contributed by atoms with Crippen molar-refractivity contribution in [2.45, 2.75) is 26.4 Å². The van der Waals surface area contributed by atoms with Gasteiger partial charge in [-0.25, -0.2) is 0 Å². The van der Waals surface area contributed by atoms with Gasteiger partial charge >= 0.3 is 0 Å². The van der Waals surface area contributed by atoms with Gasteiger partial charge < -0.3 is 15.8 Å². The van der Waals surface area contributed by atoms with Crippen molar-refractivity contribution in [3.8, 4) is 5.75 Å². The number of ether oxygens (including phenoxy) is 1. The zero-order valence-electron chi connectivity index (χ0n) is 12.6. The molecule has 1 aromatic carbocycles. The second-order valence-electron chi connectivity index (χ2n) is 4.87. The average molecular weight is 279 g/mol. The Morgan fingerprint density at radius 3 is 2.80 bits per heavy atom. The van der Waals surface area contributed by atoms with E-state index in [4.69, 9.17) is 10.5 Å². The van der Waals surface area contributed by atoms with Crippen molar-refractivity contribution >= 4 is 5.91 Å². The SMILES string of the molecule is CCCNC(=O)CN(C)Cc1cc(CN)ccc1OC. The lowest BCUT2D eigenvalue weighted by Crippen LogP contribution is -2.35. The lowest BCUT2D eigenvalue weighted by atomic mass is 10.1. The van der Waals surface area contributed by atoms with Crippen LogP contribution in [0.3, 0.4) is 0 Å². The summed E-state index contributed by atoms with van der Waals surface area (Å²) in [6.07, 6.45) is 0.946. The van der Waals surface area contributed by atoms with Crippen molar-refractivity contribution in [2.75, 3.05) is 27.2 Å². The molecule has 0 aliphatic heterocycles. The van der Waals surface area contributed by atoms with E-state index in [-0.39, 0.29) is 5.91 Å². The summed E-state index contributed by atoms with van der Waals surface area (Å²) in [5, 5.41) is 2.87. The fraction of sp³-hybridized carbons (Fsp3) is 0.533. The van der Waals surface area contributed by atoms with Gasteiger partial charge in [-0.3, -0.25) is 9.69 Å². The molecule has 3 N–H and O–H groups in total. The number of nitrogens with two attached hydrogens (primary N) is 1. The van der Waals surface area contributed by atoms with E-state index in [1.165, 1.54) is 0 Å². The molecule has 0 aliphatic carbocycles. The molecule has 1 aromatic rings. The van der Waals surface area contributed by atoms with Crippen LogP contribution in [0.1, 0.15) is 24.5 Å². The summed E-state index contributed by atoms with van der Waals surface area (Å²) in [7, 11) is 3.56. The summed E-state index contributed by atoms with van der Waals surface area (Å²) >= 11 is 0. The van der Waals surface area contributed by atoms with Crippen molar-refractivity contribution in [1.82, 2.24) is 10.2 Å². The number of hydrogen-bond donors (Lipinski definition) is 2. The zero-order chi connectivity index (χ0) is 15.0. The number of carbonyl (C=O) groups excluding carboxylic acids is 1. The van der Waals surface area contributed by atoms with Gasteiger partial charge in [0, 0.05) is 25.2 Å². The predicted molar refractivity (Wildman–Crippen MR) is 80.5 cm³/mol. The Labute approximate surface area is 121 Å². The van der Waals surface area contributed by atoms with Crippen molar-refractivity contribution < 1.29 is 9.53 Å². The van der Waals surface area contributed by atoms with Crippen LogP contribution >= 0.6 is 0 Å². The molecule has 1 rings (SSSR count). The number of rotatable bonds is 8. The summed E-state index contributed by atoms with van der Waals surface area (Å²) in [6, 6.07) is 5.90. The molecule has 0 spiro atoms. The highest BCUT2D eigenvalue weighted by atomic mass is 16.5. The Balaban J connectivity index is 2.64. The van der Waals surface area contributed by atoms with Crippen LogP contribution < -0.4 is 15.8 Å². The highest BCUT2D eigenvalue weighted by Crippen LogP contribution is 2.21. The maximum atomic E-state index is 11.7. The number of methoxy groups -OCH3 is 1. The molecule has 20 heavy (non-hydrogen) atoms. The highest BCUT2D eigenvalue weighted by Gasteiger charge is 2.10. The van der Waals surface area contributed by atoms with E-state index in [1.807, 2.05) is 37.1 Å². The lowest BCUT2D eigenvalue weighted by Gasteiger charge is -2.18. The first-order valence-corrected chi connectivity index (χ1v) is 6.91. The van der Waals surface area contributed by atoms with Crippen molar-refractivity contribution in [2.24, 2.45) is 5.73 Å². The quantitative estimate of drug-likeness (QED) is 0.748. The van der Waals surface area contributed by atoms with E-state index in [9.17, 15) is 4.79 Å². The first kappa shape index (κ1) is 16.5. The maximum Gasteiger partial charge on any atom is 0.234 e. The molecule has 0 atom stereocenters. The molecule has 0 aliphatic rings. The van der Waals surface area contributed by atoms with Crippen LogP contribution in [0.2, 0.25) is 0 Å². The molecule has 0 heterocycles.